The Morgan fingerprint density at radius 2 is 1.45 bits per heavy atom. The summed E-state index contributed by atoms with van der Waals surface area (Å²) in [5, 5.41) is 0. The van der Waals surface area contributed by atoms with E-state index in [0.29, 0.717) is 50.3 Å². The van der Waals surface area contributed by atoms with Crippen molar-refractivity contribution < 1.29 is 33.2 Å². The summed E-state index contributed by atoms with van der Waals surface area (Å²) in [5.74, 6) is -0.614. The lowest BCUT2D eigenvalue weighted by Crippen LogP contribution is -2.63. The number of rotatable bonds is 14. The SMILES string of the molecule is C=C(C)C(=O)OC12CC3CC(C1)CC(OC(C)(OCC(C)OCC)OCC(C)OCC)(C3)C2. The maximum absolute atomic E-state index is 12.5. The summed E-state index contributed by atoms with van der Waals surface area (Å²) < 4.78 is 36.6. The first-order valence-corrected chi connectivity index (χ1v) is 12.6. The second-order valence-electron chi connectivity index (χ2n) is 10.6. The van der Waals surface area contributed by atoms with Crippen molar-refractivity contribution in [1.29, 1.82) is 0 Å². The maximum atomic E-state index is 12.5. The quantitative estimate of drug-likeness (QED) is 0.207. The molecule has 4 saturated carbocycles. The van der Waals surface area contributed by atoms with Gasteiger partial charge < -0.3 is 28.4 Å². The molecular formula is C26H44O7. The lowest BCUT2D eigenvalue weighted by atomic mass is 9.52. The summed E-state index contributed by atoms with van der Waals surface area (Å²) in [5.41, 5.74) is -0.497. The van der Waals surface area contributed by atoms with Crippen LogP contribution in [0.4, 0.5) is 0 Å². The van der Waals surface area contributed by atoms with Crippen LogP contribution in [0, 0.1) is 11.8 Å². The summed E-state index contributed by atoms with van der Waals surface area (Å²) in [6.07, 6.45) is 5.33. The van der Waals surface area contributed by atoms with E-state index in [2.05, 4.69) is 6.58 Å². The average molecular weight is 469 g/mol. The van der Waals surface area contributed by atoms with Crippen molar-refractivity contribution in [1.82, 2.24) is 0 Å². The van der Waals surface area contributed by atoms with E-state index in [1.165, 1.54) is 6.42 Å². The van der Waals surface area contributed by atoms with Gasteiger partial charge >= 0.3 is 5.97 Å². The first-order valence-electron chi connectivity index (χ1n) is 12.6. The van der Waals surface area contributed by atoms with Crippen molar-refractivity contribution in [2.24, 2.45) is 11.8 Å². The van der Waals surface area contributed by atoms with E-state index in [1.54, 1.807) is 6.92 Å². The number of carbonyl (C=O) groups excluding carboxylic acids is 1. The molecule has 4 atom stereocenters. The van der Waals surface area contributed by atoms with Gasteiger partial charge in [0, 0.05) is 32.1 Å². The smallest absolute Gasteiger partial charge is 0.333 e. The van der Waals surface area contributed by atoms with Gasteiger partial charge in [-0.1, -0.05) is 6.58 Å². The minimum absolute atomic E-state index is 0.0786. The molecule has 0 aliphatic heterocycles. The summed E-state index contributed by atoms with van der Waals surface area (Å²) in [6, 6.07) is 0. The van der Waals surface area contributed by atoms with Crippen LogP contribution in [0.15, 0.2) is 12.2 Å². The Labute approximate surface area is 199 Å². The molecule has 190 valence electrons. The van der Waals surface area contributed by atoms with Crippen LogP contribution in [-0.4, -0.2) is 61.8 Å². The third kappa shape index (κ3) is 6.79. The molecule has 0 aromatic carbocycles. The van der Waals surface area contributed by atoms with Gasteiger partial charge in [0.05, 0.1) is 31.0 Å². The molecule has 4 aliphatic rings. The van der Waals surface area contributed by atoms with Gasteiger partial charge in [0.25, 0.3) is 5.97 Å². The number of hydrogen-bond donors (Lipinski definition) is 0. The highest BCUT2D eigenvalue weighted by Gasteiger charge is 2.62. The normalized spacial score (nSPS) is 34.0. The molecule has 4 bridgehead atoms. The average Bonchev–Trinajstić information content (AvgIpc) is 2.70. The molecule has 4 unspecified atom stereocenters. The van der Waals surface area contributed by atoms with E-state index in [1.807, 2.05) is 34.6 Å². The number of hydrogen-bond acceptors (Lipinski definition) is 7. The van der Waals surface area contributed by atoms with Crippen LogP contribution >= 0.6 is 0 Å². The zero-order chi connectivity index (χ0) is 24.3. The lowest BCUT2D eigenvalue weighted by molar-refractivity contribution is -0.425. The Morgan fingerprint density at radius 3 is 1.91 bits per heavy atom. The van der Waals surface area contributed by atoms with Gasteiger partial charge in [0.1, 0.15) is 5.60 Å². The highest BCUT2D eigenvalue weighted by atomic mass is 16.9. The first-order chi connectivity index (χ1) is 15.5. The predicted molar refractivity (Wildman–Crippen MR) is 125 cm³/mol. The second-order valence-corrected chi connectivity index (χ2v) is 10.6. The van der Waals surface area contributed by atoms with Crippen LogP contribution < -0.4 is 0 Å². The van der Waals surface area contributed by atoms with Crippen molar-refractivity contribution in [3.63, 3.8) is 0 Å². The molecule has 4 fully saturated rings. The second kappa shape index (κ2) is 10.7. The van der Waals surface area contributed by atoms with Crippen molar-refractivity contribution in [3.8, 4) is 0 Å². The van der Waals surface area contributed by atoms with Gasteiger partial charge in [-0.15, -0.1) is 0 Å². The molecule has 0 aromatic heterocycles. The molecule has 0 heterocycles. The maximum Gasteiger partial charge on any atom is 0.333 e. The van der Waals surface area contributed by atoms with E-state index in [0.717, 1.165) is 25.7 Å². The molecule has 4 rings (SSSR count). The van der Waals surface area contributed by atoms with Crippen molar-refractivity contribution in [2.75, 3.05) is 26.4 Å². The minimum atomic E-state index is -1.25. The van der Waals surface area contributed by atoms with Gasteiger partial charge in [-0.25, -0.2) is 4.79 Å². The molecule has 0 N–H and O–H groups in total. The highest BCUT2D eigenvalue weighted by Crippen LogP contribution is 2.61. The Balaban J connectivity index is 1.76. The van der Waals surface area contributed by atoms with Gasteiger partial charge in [-0.2, -0.15) is 0 Å². The van der Waals surface area contributed by atoms with Gasteiger partial charge in [0.15, 0.2) is 0 Å². The Bertz CT molecular complexity index is 660. The number of ether oxygens (including phenoxy) is 6. The predicted octanol–water partition coefficient (Wildman–Crippen LogP) is 4.77. The van der Waals surface area contributed by atoms with Gasteiger partial charge in [0.2, 0.25) is 0 Å². The molecular weight excluding hydrogens is 424 g/mol. The zero-order valence-corrected chi connectivity index (χ0v) is 21.4. The van der Waals surface area contributed by atoms with Gasteiger partial charge in [-0.05, 0) is 78.6 Å². The van der Waals surface area contributed by atoms with E-state index in [-0.39, 0.29) is 18.2 Å². The molecule has 0 radical (unpaired) electrons. The summed E-state index contributed by atoms with van der Waals surface area (Å²) in [4.78, 5) is 12.5. The van der Waals surface area contributed by atoms with Crippen molar-refractivity contribution in [2.45, 2.75) is 109 Å². The van der Waals surface area contributed by atoms with E-state index < -0.39 is 17.2 Å². The van der Waals surface area contributed by atoms with E-state index in [4.69, 9.17) is 28.4 Å². The zero-order valence-electron chi connectivity index (χ0n) is 21.4. The molecule has 0 aromatic rings. The first kappa shape index (κ1) is 26.6. The fourth-order valence-corrected chi connectivity index (χ4v) is 6.32. The molecule has 7 heteroatoms. The largest absolute Gasteiger partial charge is 0.456 e. The summed E-state index contributed by atoms with van der Waals surface area (Å²) in [6.45, 7) is 17.1. The Morgan fingerprint density at radius 1 is 0.970 bits per heavy atom. The number of carbonyl (C=O) groups is 1. The molecule has 0 spiro atoms. The molecule has 4 aliphatic carbocycles. The highest BCUT2D eigenvalue weighted by molar-refractivity contribution is 5.87. The Hall–Kier alpha value is -0.990. The van der Waals surface area contributed by atoms with Crippen LogP contribution in [0.1, 0.15) is 80.1 Å². The minimum Gasteiger partial charge on any atom is -0.456 e. The monoisotopic (exact) mass is 468 g/mol. The summed E-state index contributed by atoms with van der Waals surface area (Å²) >= 11 is 0. The topological polar surface area (TPSA) is 72.5 Å². The third-order valence-corrected chi connectivity index (χ3v) is 7.08. The fourth-order valence-electron chi connectivity index (χ4n) is 6.32. The van der Waals surface area contributed by atoms with Crippen LogP contribution in [0.25, 0.3) is 0 Å². The van der Waals surface area contributed by atoms with Gasteiger partial charge in [-0.3, -0.25) is 0 Å². The van der Waals surface area contributed by atoms with Crippen LogP contribution in [0.2, 0.25) is 0 Å². The molecule has 7 nitrogen and oxygen atoms in total. The van der Waals surface area contributed by atoms with Crippen molar-refractivity contribution in [3.05, 3.63) is 12.2 Å². The van der Waals surface area contributed by atoms with Crippen LogP contribution in [-0.2, 0) is 33.2 Å². The fraction of sp³-hybridized carbons (Fsp3) is 0.885. The lowest BCUT2D eigenvalue weighted by Gasteiger charge is -2.61. The van der Waals surface area contributed by atoms with Crippen LogP contribution in [0.5, 0.6) is 0 Å². The molecule has 0 amide bonds. The van der Waals surface area contributed by atoms with E-state index >= 15 is 0 Å². The Kier molecular flexibility index (Phi) is 8.66. The number of esters is 1. The standard InChI is InChI=1S/C26H44O7/c1-8-28-19(5)15-30-24(7,31-16-20(6)29-9-2)33-26-13-21-10-22(14-26)12-25(11-21,17-26)32-23(27)18(3)4/h19-22H,3,8-17H2,1-2,4-7H3. The van der Waals surface area contributed by atoms with E-state index in [9.17, 15) is 4.79 Å². The third-order valence-electron chi connectivity index (χ3n) is 7.08. The summed E-state index contributed by atoms with van der Waals surface area (Å²) in [7, 11) is 0. The molecule has 33 heavy (non-hydrogen) atoms. The van der Waals surface area contributed by atoms with Crippen LogP contribution in [0.3, 0.4) is 0 Å². The molecule has 0 saturated heterocycles. The van der Waals surface area contributed by atoms with Crippen molar-refractivity contribution >= 4 is 5.97 Å².